The highest BCUT2D eigenvalue weighted by atomic mass is 16.7. The highest BCUT2D eigenvalue weighted by molar-refractivity contribution is 5.70. The van der Waals surface area contributed by atoms with Crippen molar-refractivity contribution in [3.05, 3.63) is 90.0 Å². The Labute approximate surface area is 171 Å². The highest BCUT2D eigenvalue weighted by Crippen LogP contribution is 2.39. The quantitative estimate of drug-likeness (QED) is 0.544. The van der Waals surface area contributed by atoms with Gasteiger partial charge in [-0.15, -0.1) is 0 Å². The van der Waals surface area contributed by atoms with Gasteiger partial charge < -0.3 is 4.74 Å². The van der Waals surface area contributed by atoms with Crippen molar-refractivity contribution < 1.29 is 14.4 Å². The van der Waals surface area contributed by atoms with E-state index in [9.17, 15) is 4.79 Å². The second kappa shape index (κ2) is 8.50. The number of anilines is 1. The van der Waals surface area contributed by atoms with E-state index in [1.54, 1.807) is 0 Å². The summed E-state index contributed by atoms with van der Waals surface area (Å²) in [4.78, 5) is 18.0. The molecule has 0 radical (unpaired) electrons. The molecule has 0 N–H and O–H groups in total. The molecule has 0 saturated carbocycles. The van der Waals surface area contributed by atoms with Crippen LogP contribution < -0.4 is 5.06 Å². The van der Waals surface area contributed by atoms with E-state index in [0.717, 1.165) is 12.1 Å². The summed E-state index contributed by atoms with van der Waals surface area (Å²) >= 11 is 0. The Morgan fingerprint density at radius 1 is 1.00 bits per heavy atom. The fourth-order valence-corrected chi connectivity index (χ4v) is 3.82. The second-order valence-electron chi connectivity index (χ2n) is 7.41. The van der Waals surface area contributed by atoms with Gasteiger partial charge in [0.1, 0.15) is 0 Å². The third-order valence-electron chi connectivity index (χ3n) is 5.31. The topological polar surface area (TPSA) is 38.8 Å². The molecule has 4 rings (SSSR count). The number of aryl methyl sites for hydroxylation is 1. The van der Waals surface area contributed by atoms with Gasteiger partial charge >= 0.3 is 5.97 Å². The summed E-state index contributed by atoms with van der Waals surface area (Å²) in [5.74, 6) is -0.251. The molecular formula is C25H25NO3. The van der Waals surface area contributed by atoms with Gasteiger partial charge in [0.05, 0.1) is 31.4 Å². The Morgan fingerprint density at radius 2 is 1.72 bits per heavy atom. The first-order chi connectivity index (χ1) is 14.1. The summed E-state index contributed by atoms with van der Waals surface area (Å²) in [5, 5.41) is 1.94. The number of ether oxygens (including phenoxy) is 1. The summed E-state index contributed by atoms with van der Waals surface area (Å²) in [7, 11) is 1.41. The minimum atomic E-state index is -0.251. The van der Waals surface area contributed by atoms with Crippen molar-refractivity contribution in [2.24, 2.45) is 0 Å². The van der Waals surface area contributed by atoms with Gasteiger partial charge in [-0.25, -0.2) is 5.06 Å². The van der Waals surface area contributed by atoms with E-state index in [1.807, 2.05) is 35.4 Å². The fourth-order valence-electron chi connectivity index (χ4n) is 3.82. The van der Waals surface area contributed by atoms with Crippen LogP contribution in [-0.4, -0.2) is 19.2 Å². The van der Waals surface area contributed by atoms with Crippen molar-refractivity contribution in [3.63, 3.8) is 0 Å². The van der Waals surface area contributed by atoms with E-state index in [1.165, 1.54) is 29.4 Å². The molecule has 0 aromatic heterocycles. The number of hydroxylamine groups is 1. The molecule has 4 nitrogen and oxygen atoms in total. The molecule has 1 aliphatic heterocycles. The zero-order valence-corrected chi connectivity index (χ0v) is 16.7. The first-order valence-corrected chi connectivity index (χ1v) is 9.89. The van der Waals surface area contributed by atoms with Crippen molar-refractivity contribution in [2.45, 2.75) is 31.9 Å². The predicted octanol–water partition coefficient (Wildman–Crippen LogP) is 5.48. The predicted molar refractivity (Wildman–Crippen MR) is 114 cm³/mol. The third kappa shape index (κ3) is 4.33. The molecule has 2 unspecified atom stereocenters. The van der Waals surface area contributed by atoms with E-state index < -0.39 is 0 Å². The van der Waals surface area contributed by atoms with Crippen LogP contribution in [-0.2, 0) is 14.4 Å². The van der Waals surface area contributed by atoms with Crippen LogP contribution in [0, 0.1) is 6.92 Å². The average molecular weight is 387 g/mol. The van der Waals surface area contributed by atoms with Gasteiger partial charge in [-0.2, -0.15) is 0 Å². The molecule has 0 spiro atoms. The SMILES string of the molecule is COC(=O)CC1CC(c2ccc(-c3ccccc3)cc2)N(c2cccc(C)c2)O1. The molecule has 1 fully saturated rings. The zero-order chi connectivity index (χ0) is 20.2. The summed E-state index contributed by atoms with van der Waals surface area (Å²) < 4.78 is 4.84. The summed E-state index contributed by atoms with van der Waals surface area (Å²) in [5.41, 5.74) is 5.70. The normalized spacial score (nSPS) is 18.6. The summed E-state index contributed by atoms with van der Waals surface area (Å²) in [6, 6.07) is 27.2. The first kappa shape index (κ1) is 19.2. The smallest absolute Gasteiger partial charge is 0.308 e. The number of hydrogen-bond donors (Lipinski definition) is 0. The number of carbonyl (C=O) groups is 1. The van der Waals surface area contributed by atoms with E-state index in [-0.39, 0.29) is 24.5 Å². The van der Waals surface area contributed by atoms with Gasteiger partial charge in [0.2, 0.25) is 0 Å². The maximum atomic E-state index is 11.8. The Morgan fingerprint density at radius 3 is 2.41 bits per heavy atom. The first-order valence-electron chi connectivity index (χ1n) is 9.89. The Balaban J connectivity index is 1.62. The molecule has 3 aromatic carbocycles. The van der Waals surface area contributed by atoms with Crippen LogP contribution in [0.4, 0.5) is 5.69 Å². The largest absolute Gasteiger partial charge is 0.469 e. The van der Waals surface area contributed by atoms with Crippen LogP contribution in [0.3, 0.4) is 0 Å². The Bertz CT molecular complexity index is 969. The van der Waals surface area contributed by atoms with E-state index in [4.69, 9.17) is 9.57 Å². The molecule has 148 valence electrons. The minimum Gasteiger partial charge on any atom is -0.469 e. The molecule has 3 aromatic rings. The Hall–Kier alpha value is -3.11. The van der Waals surface area contributed by atoms with Crippen molar-refractivity contribution >= 4 is 11.7 Å². The number of methoxy groups -OCH3 is 1. The summed E-state index contributed by atoms with van der Waals surface area (Å²) in [6.07, 6.45) is 0.771. The van der Waals surface area contributed by atoms with Gasteiger partial charge in [0, 0.05) is 6.42 Å². The standard InChI is InChI=1S/C25H25NO3/c1-18-7-6-10-22(15-18)26-24(16-23(29-26)17-25(27)28-2)21-13-11-20(12-14-21)19-8-4-3-5-9-19/h3-15,23-24H,16-17H2,1-2H3. The van der Waals surface area contributed by atoms with E-state index >= 15 is 0 Å². The third-order valence-corrected chi connectivity index (χ3v) is 5.31. The molecule has 0 amide bonds. The maximum Gasteiger partial charge on any atom is 0.308 e. The van der Waals surface area contributed by atoms with E-state index in [0.29, 0.717) is 0 Å². The van der Waals surface area contributed by atoms with Crippen molar-refractivity contribution in [1.29, 1.82) is 0 Å². The lowest BCUT2D eigenvalue weighted by Gasteiger charge is -2.25. The van der Waals surface area contributed by atoms with Crippen LogP contribution in [0.15, 0.2) is 78.9 Å². The molecule has 29 heavy (non-hydrogen) atoms. The van der Waals surface area contributed by atoms with Crippen LogP contribution in [0.1, 0.15) is 30.0 Å². The van der Waals surface area contributed by atoms with Crippen LogP contribution in [0.5, 0.6) is 0 Å². The number of hydrogen-bond acceptors (Lipinski definition) is 4. The average Bonchev–Trinajstić information content (AvgIpc) is 3.18. The lowest BCUT2D eigenvalue weighted by molar-refractivity contribution is -0.143. The maximum absolute atomic E-state index is 11.8. The molecule has 0 bridgehead atoms. The van der Waals surface area contributed by atoms with Crippen molar-refractivity contribution in [3.8, 4) is 11.1 Å². The Kier molecular flexibility index (Phi) is 5.63. The van der Waals surface area contributed by atoms with Crippen LogP contribution >= 0.6 is 0 Å². The lowest BCUT2D eigenvalue weighted by atomic mass is 9.97. The molecule has 1 aliphatic rings. The molecule has 2 atom stereocenters. The molecule has 0 aliphatic carbocycles. The van der Waals surface area contributed by atoms with Crippen LogP contribution in [0.2, 0.25) is 0 Å². The van der Waals surface area contributed by atoms with E-state index in [2.05, 4.69) is 55.5 Å². The molecule has 4 heteroatoms. The summed E-state index contributed by atoms with van der Waals surface area (Å²) in [6.45, 7) is 2.06. The van der Waals surface area contributed by atoms with Gasteiger partial charge in [0.15, 0.2) is 0 Å². The molecule has 1 heterocycles. The number of rotatable bonds is 5. The van der Waals surface area contributed by atoms with Gasteiger partial charge in [-0.1, -0.05) is 66.7 Å². The number of nitrogens with zero attached hydrogens (tertiary/aromatic N) is 1. The second-order valence-corrected chi connectivity index (χ2v) is 7.41. The zero-order valence-electron chi connectivity index (χ0n) is 16.7. The molecule has 1 saturated heterocycles. The highest BCUT2D eigenvalue weighted by Gasteiger charge is 2.36. The van der Waals surface area contributed by atoms with Gasteiger partial charge in [-0.3, -0.25) is 9.63 Å². The lowest BCUT2D eigenvalue weighted by Crippen LogP contribution is -2.22. The van der Waals surface area contributed by atoms with Crippen molar-refractivity contribution in [2.75, 3.05) is 12.2 Å². The minimum absolute atomic E-state index is 0.0382. The molecular weight excluding hydrogens is 362 g/mol. The number of carbonyl (C=O) groups excluding carboxylic acids is 1. The van der Waals surface area contributed by atoms with Crippen molar-refractivity contribution in [1.82, 2.24) is 0 Å². The van der Waals surface area contributed by atoms with Crippen LogP contribution in [0.25, 0.3) is 11.1 Å². The fraction of sp³-hybridized carbons (Fsp3) is 0.240. The monoisotopic (exact) mass is 387 g/mol. The number of benzene rings is 3. The number of esters is 1. The van der Waals surface area contributed by atoms with Gasteiger partial charge in [-0.05, 0) is 41.3 Å². The van der Waals surface area contributed by atoms with Gasteiger partial charge in [0.25, 0.3) is 0 Å².